The van der Waals surface area contributed by atoms with Gasteiger partial charge in [0.05, 0.1) is 40.3 Å². The predicted octanol–water partition coefficient (Wildman–Crippen LogP) is 2.83. The Morgan fingerprint density at radius 3 is 2.94 bits per heavy atom. The van der Waals surface area contributed by atoms with Crippen molar-refractivity contribution in [1.82, 2.24) is 29.3 Å². The molecule has 2 aromatic rings. The lowest BCUT2D eigenvalue weighted by Crippen LogP contribution is -2.37. The lowest BCUT2D eigenvalue weighted by atomic mass is 10.1. The van der Waals surface area contributed by atoms with Crippen LogP contribution < -0.4 is 0 Å². The number of carbonyl (C=O) groups excluding carboxylic acids is 1. The summed E-state index contributed by atoms with van der Waals surface area (Å²) in [6, 6.07) is 2.05. The standard InChI is InChI=1S/C23H29N6OP/c1-15-11-29-20(16(2)24-15)9-19(25-29)21-10-22(30)28-14-18(5-6-23(28)31-21)27-8-7-17(13-27)12-26(3)4/h5-6,9-11,14,17,23,31H,7-8,12-13H2,1-4H3. The zero-order valence-electron chi connectivity index (χ0n) is 18.5. The molecule has 31 heavy (non-hydrogen) atoms. The van der Waals surface area contributed by atoms with E-state index in [2.05, 4.69) is 41.0 Å². The van der Waals surface area contributed by atoms with E-state index < -0.39 is 0 Å². The zero-order chi connectivity index (χ0) is 21.7. The maximum Gasteiger partial charge on any atom is 0.252 e. The number of fused-ring (bicyclic) bond motifs is 2. The molecule has 3 aliphatic heterocycles. The molecule has 3 aliphatic rings. The molecule has 5 rings (SSSR count). The van der Waals surface area contributed by atoms with Crippen molar-refractivity contribution in [3.8, 4) is 0 Å². The van der Waals surface area contributed by atoms with E-state index in [0.717, 1.165) is 53.2 Å². The van der Waals surface area contributed by atoms with Gasteiger partial charge in [-0.2, -0.15) is 5.10 Å². The minimum Gasteiger partial charge on any atom is -0.370 e. The Labute approximate surface area is 184 Å². The van der Waals surface area contributed by atoms with E-state index >= 15 is 0 Å². The van der Waals surface area contributed by atoms with Crippen molar-refractivity contribution < 1.29 is 4.79 Å². The third kappa shape index (κ3) is 3.92. The second kappa shape index (κ2) is 7.88. The Morgan fingerprint density at radius 2 is 2.13 bits per heavy atom. The molecule has 0 spiro atoms. The Balaban J connectivity index is 1.36. The summed E-state index contributed by atoms with van der Waals surface area (Å²) in [6.45, 7) is 7.18. The fourth-order valence-electron chi connectivity index (χ4n) is 4.76. The molecular formula is C23H29N6OP. The number of rotatable bonds is 4. The molecule has 0 radical (unpaired) electrons. The van der Waals surface area contributed by atoms with E-state index in [4.69, 9.17) is 5.10 Å². The van der Waals surface area contributed by atoms with Crippen LogP contribution in [-0.4, -0.2) is 74.7 Å². The number of amides is 1. The summed E-state index contributed by atoms with van der Waals surface area (Å²) in [4.78, 5) is 24.1. The van der Waals surface area contributed by atoms with Crippen molar-refractivity contribution >= 4 is 25.3 Å². The normalized spacial score (nSPS) is 24.4. The molecule has 5 heterocycles. The fraction of sp³-hybridized carbons (Fsp3) is 0.435. The van der Waals surface area contributed by atoms with Gasteiger partial charge < -0.3 is 14.7 Å². The van der Waals surface area contributed by atoms with Crippen LogP contribution in [0.15, 0.2) is 42.4 Å². The molecule has 1 saturated heterocycles. The highest BCUT2D eigenvalue weighted by molar-refractivity contribution is 7.51. The number of allylic oxidation sites excluding steroid dienone is 1. The van der Waals surface area contributed by atoms with E-state index in [0.29, 0.717) is 14.5 Å². The molecule has 7 nitrogen and oxygen atoms in total. The van der Waals surface area contributed by atoms with Crippen molar-refractivity contribution in [3.63, 3.8) is 0 Å². The molecular weight excluding hydrogens is 407 g/mol. The predicted molar refractivity (Wildman–Crippen MR) is 125 cm³/mol. The lowest BCUT2D eigenvalue weighted by Gasteiger charge is -2.35. The first-order chi connectivity index (χ1) is 14.9. The summed E-state index contributed by atoms with van der Waals surface area (Å²) in [5.74, 6) is 0.791. The van der Waals surface area contributed by atoms with Gasteiger partial charge in [0.15, 0.2) is 0 Å². The molecule has 0 bridgehead atoms. The van der Waals surface area contributed by atoms with Gasteiger partial charge in [-0.1, -0.05) is 14.7 Å². The van der Waals surface area contributed by atoms with Gasteiger partial charge in [0.25, 0.3) is 5.91 Å². The quantitative estimate of drug-likeness (QED) is 0.690. The van der Waals surface area contributed by atoms with Crippen molar-refractivity contribution in [2.24, 2.45) is 5.92 Å². The Morgan fingerprint density at radius 1 is 1.29 bits per heavy atom. The largest absolute Gasteiger partial charge is 0.370 e. The topological polar surface area (TPSA) is 57.0 Å². The molecule has 1 amide bonds. The number of carbonyl (C=O) groups is 1. The Kier molecular flexibility index (Phi) is 5.19. The van der Waals surface area contributed by atoms with Gasteiger partial charge in [0.1, 0.15) is 0 Å². The second-order valence-corrected chi connectivity index (χ2v) is 10.4. The molecule has 0 aromatic carbocycles. The number of nitrogens with zero attached hydrogens (tertiary/aromatic N) is 6. The van der Waals surface area contributed by atoms with Gasteiger partial charge in [-0.25, -0.2) is 4.52 Å². The zero-order valence-corrected chi connectivity index (χ0v) is 19.5. The summed E-state index contributed by atoms with van der Waals surface area (Å²) in [7, 11) is 4.73. The van der Waals surface area contributed by atoms with Crippen molar-refractivity contribution in [2.75, 3.05) is 33.7 Å². The van der Waals surface area contributed by atoms with Gasteiger partial charge in [0.2, 0.25) is 0 Å². The van der Waals surface area contributed by atoms with Crippen molar-refractivity contribution in [3.05, 3.63) is 59.5 Å². The maximum absolute atomic E-state index is 13.0. The summed E-state index contributed by atoms with van der Waals surface area (Å²) in [5.41, 5.74) is 4.90. The highest BCUT2D eigenvalue weighted by Gasteiger charge is 2.32. The molecule has 3 unspecified atom stereocenters. The van der Waals surface area contributed by atoms with Crippen LogP contribution in [0.4, 0.5) is 0 Å². The Bertz CT molecular complexity index is 1130. The van der Waals surface area contributed by atoms with Crippen LogP contribution in [-0.2, 0) is 4.79 Å². The first kappa shape index (κ1) is 20.4. The fourth-order valence-corrected chi connectivity index (χ4v) is 6.08. The lowest BCUT2D eigenvalue weighted by molar-refractivity contribution is -0.123. The van der Waals surface area contributed by atoms with E-state index in [1.807, 2.05) is 41.7 Å². The average Bonchev–Trinajstić information content (AvgIpc) is 3.34. The molecule has 3 atom stereocenters. The summed E-state index contributed by atoms with van der Waals surface area (Å²) in [5, 5.41) is 5.75. The monoisotopic (exact) mass is 436 g/mol. The minimum absolute atomic E-state index is 0.0349. The number of aromatic nitrogens is 3. The van der Waals surface area contributed by atoms with Gasteiger partial charge in [-0.15, -0.1) is 0 Å². The number of hydrogen-bond donors (Lipinski definition) is 0. The number of aryl methyl sites for hydroxylation is 2. The van der Waals surface area contributed by atoms with Gasteiger partial charge >= 0.3 is 0 Å². The smallest absolute Gasteiger partial charge is 0.252 e. The van der Waals surface area contributed by atoms with E-state index in [-0.39, 0.29) is 11.7 Å². The molecule has 162 valence electrons. The number of hydrogen-bond acceptors (Lipinski definition) is 5. The van der Waals surface area contributed by atoms with Crippen LogP contribution in [0.5, 0.6) is 0 Å². The number of likely N-dealkylation sites (tertiary alicyclic amines) is 1. The first-order valence-electron chi connectivity index (χ1n) is 10.8. The molecule has 0 aliphatic carbocycles. The highest BCUT2D eigenvalue weighted by Crippen LogP contribution is 2.44. The third-order valence-electron chi connectivity index (χ3n) is 6.16. The van der Waals surface area contributed by atoms with Crippen molar-refractivity contribution in [1.29, 1.82) is 0 Å². The molecule has 0 N–H and O–H groups in total. The van der Waals surface area contributed by atoms with Crippen molar-refractivity contribution in [2.45, 2.75) is 26.1 Å². The average molecular weight is 437 g/mol. The van der Waals surface area contributed by atoms with E-state index in [1.54, 1.807) is 6.08 Å². The molecule has 1 fully saturated rings. The minimum atomic E-state index is 0.0349. The van der Waals surface area contributed by atoms with Crippen LogP contribution in [0.3, 0.4) is 0 Å². The SMILES string of the molecule is Cc1cn2nc(C3=CC(=O)N4C=C(N5CCC(CN(C)C)C5)C=CC4P3)cc2c(C)n1. The first-order valence-corrected chi connectivity index (χ1v) is 11.9. The second-order valence-electron chi connectivity index (χ2n) is 9.00. The van der Waals surface area contributed by atoms with Crippen LogP contribution >= 0.6 is 8.58 Å². The van der Waals surface area contributed by atoms with E-state index in [1.165, 1.54) is 6.42 Å². The van der Waals surface area contributed by atoms with Crippen LogP contribution in [0.2, 0.25) is 0 Å². The Hall–Kier alpha value is -2.50. The summed E-state index contributed by atoms with van der Waals surface area (Å²) < 4.78 is 1.88. The third-order valence-corrected chi connectivity index (χ3v) is 7.63. The van der Waals surface area contributed by atoms with Crippen LogP contribution in [0, 0.1) is 19.8 Å². The van der Waals surface area contributed by atoms with Gasteiger partial charge in [0, 0.05) is 37.2 Å². The summed E-state index contributed by atoms with van der Waals surface area (Å²) >= 11 is 0. The van der Waals surface area contributed by atoms with Gasteiger partial charge in [-0.05, 0) is 52.4 Å². The molecule has 0 saturated carbocycles. The van der Waals surface area contributed by atoms with Gasteiger partial charge in [-0.3, -0.25) is 9.78 Å². The molecule has 8 heteroatoms. The van der Waals surface area contributed by atoms with E-state index in [9.17, 15) is 4.79 Å². The molecule has 2 aromatic heterocycles. The highest BCUT2D eigenvalue weighted by atomic mass is 31.1. The summed E-state index contributed by atoms with van der Waals surface area (Å²) in [6.07, 6.45) is 11.3. The van der Waals surface area contributed by atoms with Crippen LogP contribution in [0.1, 0.15) is 23.5 Å². The maximum atomic E-state index is 13.0. The van der Waals surface area contributed by atoms with Crippen LogP contribution in [0.25, 0.3) is 10.8 Å².